The fraction of sp³-hybridized carbons (Fsp3) is 0.380. The van der Waals surface area contributed by atoms with Gasteiger partial charge >= 0.3 is 0 Å². The topological polar surface area (TPSA) is 90.2 Å². The third-order valence-corrected chi connectivity index (χ3v) is 12.7. The zero-order valence-electron chi connectivity index (χ0n) is 33.5. The van der Waals surface area contributed by atoms with Crippen molar-refractivity contribution < 1.29 is 33.6 Å². The van der Waals surface area contributed by atoms with Crippen LogP contribution >= 0.6 is 0 Å². The number of nitrogens with zero attached hydrogens (tertiary/aromatic N) is 1. The summed E-state index contributed by atoms with van der Waals surface area (Å²) < 4.78 is 34.5. The molecule has 5 unspecified atom stereocenters. The van der Waals surface area contributed by atoms with Crippen molar-refractivity contribution in [2.75, 3.05) is 19.7 Å². The van der Waals surface area contributed by atoms with Crippen molar-refractivity contribution >= 4 is 16.6 Å². The van der Waals surface area contributed by atoms with Crippen LogP contribution in [0.3, 0.4) is 0 Å². The van der Waals surface area contributed by atoms with Gasteiger partial charge in [0.2, 0.25) is 0 Å². The van der Waals surface area contributed by atoms with Gasteiger partial charge in [0.05, 0.1) is 31.0 Å². The molecular formula is C50H55F2NO5. The molecule has 0 aromatic heterocycles. The highest BCUT2D eigenvalue weighted by molar-refractivity contribution is 6.10. The van der Waals surface area contributed by atoms with Crippen LogP contribution in [-0.4, -0.2) is 63.5 Å². The SMILES string of the molecule is CC1=CCCC2(C)C(CCC2(O)CN(Cc2cccc3ccccc23)CC(O)COCc2ccccc2)c2ccc(cc2C(=O)c2ccc(F)c(F)c2)CC(O)CC1. The molecule has 0 saturated heterocycles. The maximum atomic E-state index is 14.5. The van der Waals surface area contributed by atoms with Crippen LogP contribution in [0.1, 0.15) is 96.5 Å². The second-order valence-corrected chi connectivity index (χ2v) is 16.9. The molecule has 3 aliphatic carbocycles. The Morgan fingerprint density at radius 1 is 0.914 bits per heavy atom. The summed E-state index contributed by atoms with van der Waals surface area (Å²) in [6.07, 6.45) is 4.70. The molecule has 58 heavy (non-hydrogen) atoms. The van der Waals surface area contributed by atoms with Crippen LogP contribution in [0.15, 0.2) is 121 Å². The maximum Gasteiger partial charge on any atom is 0.193 e. The summed E-state index contributed by atoms with van der Waals surface area (Å²) in [5.74, 6) is -2.82. The van der Waals surface area contributed by atoms with Gasteiger partial charge in [0.25, 0.3) is 0 Å². The van der Waals surface area contributed by atoms with E-state index < -0.39 is 40.6 Å². The van der Waals surface area contributed by atoms with Gasteiger partial charge in [0, 0.05) is 36.2 Å². The molecule has 8 rings (SSSR count). The Morgan fingerprint density at radius 3 is 2.50 bits per heavy atom. The van der Waals surface area contributed by atoms with Gasteiger partial charge in [-0.05, 0) is 115 Å². The van der Waals surface area contributed by atoms with Crippen LogP contribution in [-0.2, 0) is 24.3 Å². The molecule has 5 atom stereocenters. The number of hydrogen-bond donors (Lipinski definition) is 3. The van der Waals surface area contributed by atoms with Gasteiger partial charge in [-0.25, -0.2) is 8.78 Å². The number of ketones is 1. The maximum absolute atomic E-state index is 14.5. The number of ether oxygens (including phenoxy) is 1. The van der Waals surface area contributed by atoms with Crippen LogP contribution in [0.25, 0.3) is 10.8 Å². The summed E-state index contributed by atoms with van der Waals surface area (Å²) in [7, 11) is 0. The van der Waals surface area contributed by atoms with Gasteiger partial charge in [-0.2, -0.15) is 0 Å². The summed E-state index contributed by atoms with van der Waals surface area (Å²) in [6.45, 7) is 5.71. The average Bonchev–Trinajstić information content (AvgIpc) is 3.46. The van der Waals surface area contributed by atoms with Gasteiger partial charge in [-0.15, -0.1) is 0 Å². The smallest absolute Gasteiger partial charge is 0.193 e. The number of benzene rings is 5. The molecule has 5 aromatic carbocycles. The molecule has 6 nitrogen and oxygen atoms in total. The first-order valence-electron chi connectivity index (χ1n) is 20.6. The molecule has 0 radical (unpaired) electrons. The molecule has 8 heteroatoms. The zero-order valence-corrected chi connectivity index (χ0v) is 33.5. The number of aliphatic hydroxyl groups is 3. The van der Waals surface area contributed by atoms with E-state index in [2.05, 4.69) is 49.1 Å². The van der Waals surface area contributed by atoms with Gasteiger partial charge in [0.15, 0.2) is 17.4 Å². The van der Waals surface area contributed by atoms with Gasteiger partial charge in [-0.1, -0.05) is 104 Å². The molecule has 3 N–H and O–H groups in total. The monoisotopic (exact) mass is 787 g/mol. The van der Waals surface area contributed by atoms with Crippen molar-refractivity contribution in [1.82, 2.24) is 4.90 Å². The van der Waals surface area contributed by atoms with E-state index in [0.29, 0.717) is 63.7 Å². The molecule has 304 valence electrons. The number of carbonyl (C=O) groups excluding carboxylic acids is 1. The first-order valence-corrected chi connectivity index (χ1v) is 20.6. The highest BCUT2D eigenvalue weighted by atomic mass is 19.2. The van der Waals surface area contributed by atoms with E-state index in [9.17, 15) is 28.9 Å². The predicted molar refractivity (Wildman–Crippen MR) is 225 cm³/mol. The van der Waals surface area contributed by atoms with E-state index in [0.717, 1.165) is 45.2 Å². The first kappa shape index (κ1) is 41.6. The summed E-state index contributed by atoms with van der Waals surface area (Å²) in [5, 5.41) is 37.9. The number of halogens is 2. The molecule has 1 fully saturated rings. The third-order valence-electron chi connectivity index (χ3n) is 12.7. The van der Waals surface area contributed by atoms with E-state index >= 15 is 0 Å². The highest BCUT2D eigenvalue weighted by Gasteiger charge is 2.57. The van der Waals surface area contributed by atoms with E-state index in [1.54, 1.807) is 6.07 Å². The van der Waals surface area contributed by atoms with E-state index in [4.69, 9.17) is 4.74 Å². The number of fused-ring (bicyclic) bond motifs is 9. The Balaban J connectivity index is 1.25. The zero-order chi connectivity index (χ0) is 40.9. The van der Waals surface area contributed by atoms with Crippen molar-refractivity contribution in [1.29, 1.82) is 0 Å². The lowest BCUT2D eigenvalue weighted by Gasteiger charge is -2.46. The Labute approximate surface area is 340 Å². The number of allylic oxidation sites excluding steroid dienone is 2. The number of aliphatic hydroxyl groups excluding tert-OH is 2. The third kappa shape index (κ3) is 9.33. The normalized spacial score (nSPS) is 23.1. The number of carbonyl (C=O) groups is 1. The van der Waals surface area contributed by atoms with E-state index in [1.165, 1.54) is 11.6 Å². The minimum Gasteiger partial charge on any atom is -0.393 e. The van der Waals surface area contributed by atoms with Crippen molar-refractivity contribution in [3.8, 4) is 0 Å². The molecule has 5 aromatic rings. The standard InChI is InChI=1S/C50H55F2NO5/c1-34-10-9-24-49(2)45(43-21-18-36(26-40(54)20-17-34)27-44(43)48(56)38-19-22-46(51)47(52)28-38)23-25-50(49,57)33-53(29-39-15-8-14-37-13-6-7-16-42(37)39)30-41(55)32-58-31-35-11-4-3-5-12-35/h3-8,10-16,18-19,21-22,27-28,40-41,45,54-55,57H,9,17,20,23-26,29-33H2,1-2H3. The average molecular weight is 788 g/mol. The fourth-order valence-electron chi connectivity index (χ4n) is 9.45. The number of rotatable bonds is 12. The molecule has 0 heterocycles. The number of hydrogen-bond acceptors (Lipinski definition) is 6. The molecule has 1 saturated carbocycles. The van der Waals surface area contributed by atoms with Crippen LogP contribution in [0, 0.1) is 17.0 Å². The minimum absolute atomic E-state index is 0.0391. The van der Waals surface area contributed by atoms with E-state index in [1.807, 2.05) is 60.7 Å². The second kappa shape index (κ2) is 18.1. The Kier molecular flexibility index (Phi) is 13.0. The van der Waals surface area contributed by atoms with Crippen molar-refractivity contribution in [2.45, 2.75) is 95.7 Å². The summed E-state index contributed by atoms with van der Waals surface area (Å²) in [6, 6.07) is 33.2. The fourth-order valence-corrected chi connectivity index (χ4v) is 9.45. The molecule has 0 spiro atoms. The van der Waals surface area contributed by atoms with Crippen molar-refractivity contribution in [3.05, 3.63) is 166 Å². The van der Waals surface area contributed by atoms with Crippen LogP contribution in [0.2, 0.25) is 0 Å². The summed E-state index contributed by atoms with van der Waals surface area (Å²) >= 11 is 0. The lowest BCUT2D eigenvalue weighted by Crippen LogP contribution is -2.53. The Morgan fingerprint density at radius 2 is 1.69 bits per heavy atom. The van der Waals surface area contributed by atoms with Crippen LogP contribution in [0.5, 0.6) is 0 Å². The van der Waals surface area contributed by atoms with Crippen molar-refractivity contribution in [3.63, 3.8) is 0 Å². The minimum atomic E-state index is -1.25. The molecule has 3 aliphatic rings. The first-order chi connectivity index (χ1) is 27.9. The van der Waals surface area contributed by atoms with Gasteiger partial charge < -0.3 is 20.1 Å². The molecular weight excluding hydrogens is 733 g/mol. The van der Waals surface area contributed by atoms with Crippen molar-refractivity contribution in [2.24, 2.45) is 5.41 Å². The quantitative estimate of drug-likeness (QED) is 0.0863. The lowest BCUT2D eigenvalue weighted by molar-refractivity contribution is -0.0922. The van der Waals surface area contributed by atoms with Gasteiger partial charge in [-0.3, -0.25) is 9.69 Å². The summed E-state index contributed by atoms with van der Waals surface area (Å²) in [5.41, 5.74) is 3.23. The van der Waals surface area contributed by atoms with Crippen LogP contribution < -0.4 is 0 Å². The lowest BCUT2D eigenvalue weighted by atomic mass is 9.64. The Hall–Kier alpha value is -4.57. The predicted octanol–water partition coefficient (Wildman–Crippen LogP) is 9.47. The Bertz CT molecular complexity index is 2240. The molecule has 0 aliphatic heterocycles. The molecule has 0 amide bonds. The van der Waals surface area contributed by atoms with E-state index in [-0.39, 0.29) is 31.2 Å². The largest absolute Gasteiger partial charge is 0.393 e. The van der Waals surface area contributed by atoms with Gasteiger partial charge in [0.1, 0.15) is 0 Å². The highest BCUT2D eigenvalue weighted by Crippen LogP contribution is 2.59. The second-order valence-electron chi connectivity index (χ2n) is 16.9. The molecule has 2 bridgehead atoms. The summed E-state index contributed by atoms with van der Waals surface area (Å²) in [4.78, 5) is 16.5. The van der Waals surface area contributed by atoms with Crippen LogP contribution in [0.4, 0.5) is 8.78 Å².